The highest BCUT2D eigenvalue weighted by molar-refractivity contribution is 4.77. The van der Waals surface area contributed by atoms with E-state index < -0.39 is 0 Å². The molecular formula is C11H25N3O. The zero-order valence-corrected chi connectivity index (χ0v) is 10.3. The Morgan fingerprint density at radius 1 is 1.47 bits per heavy atom. The first-order valence-corrected chi connectivity index (χ1v) is 5.84. The summed E-state index contributed by atoms with van der Waals surface area (Å²) in [6, 6.07) is 0.537. The minimum Gasteiger partial charge on any atom is -0.374 e. The lowest BCUT2D eigenvalue weighted by atomic mass is 10.2. The van der Waals surface area contributed by atoms with E-state index in [9.17, 15) is 0 Å². The van der Waals surface area contributed by atoms with Crippen molar-refractivity contribution in [2.24, 2.45) is 5.73 Å². The van der Waals surface area contributed by atoms with Gasteiger partial charge in [0.15, 0.2) is 0 Å². The number of ether oxygens (including phenoxy) is 1. The SMILES string of the molecule is CC1COC(CN)CN1CCCN(C)C. The van der Waals surface area contributed by atoms with Gasteiger partial charge in [-0.05, 0) is 40.5 Å². The summed E-state index contributed by atoms with van der Waals surface area (Å²) in [5, 5.41) is 0. The first-order chi connectivity index (χ1) is 7.13. The van der Waals surface area contributed by atoms with Gasteiger partial charge in [0.1, 0.15) is 0 Å². The van der Waals surface area contributed by atoms with Crippen LogP contribution in [0.15, 0.2) is 0 Å². The summed E-state index contributed by atoms with van der Waals surface area (Å²) in [5.41, 5.74) is 5.63. The summed E-state index contributed by atoms with van der Waals surface area (Å²) in [7, 11) is 4.23. The van der Waals surface area contributed by atoms with Crippen LogP contribution in [0.3, 0.4) is 0 Å². The highest BCUT2D eigenvalue weighted by Crippen LogP contribution is 2.11. The fourth-order valence-electron chi connectivity index (χ4n) is 1.92. The van der Waals surface area contributed by atoms with E-state index in [-0.39, 0.29) is 6.10 Å². The van der Waals surface area contributed by atoms with Crippen LogP contribution < -0.4 is 5.73 Å². The maximum atomic E-state index is 5.63. The van der Waals surface area contributed by atoms with E-state index in [0.29, 0.717) is 12.6 Å². The predicted octanol–water partition coefficient (Wildman–Crippen LogP) is -0.0139. The molecule has 1 heterocycles. The van der Waals surface area contributed by atoms with Gasteiger partial charge in [-0.15, -0.1) is 0 Å². The molecule has 0 radical (unpaired) electrons. The van der Waals surface area contributed by atoms with E-state index in [1.54, 1.807) is 0 Å². The zero-order valence-electron chi connectivity index (χ0n) is 10.3. The second-order valence-corrected chi connectivity index (χ2v) is 4.69. The molecule has 0 amide bonds. The highest BCUT2D eigenvalue weighted by Gasteiger charge is 2.24. The molecule has 2 N–H and O–H groups in total. The van der Waals surface area contributed by atoms with Crippen molar-refractivity contribution in [1.29, 1.82) is 0 Å². The molecule has 1 aliphatic rings. The van der Waals surface area contributed by atoms with Crippen LogP contribution in [-0.4, -0.2) is 68.8 Å². The van der Waals surface area contributed by atoms with Gasteiger partial charge in [-0.3, -0.25) is 4.90 Å². The molecule has 0 bridgehead atoms. The van der Waals surface area contributed by atoms with E-state index in [4.69, 9.17) is 10.5 Å². The molecule has 1 saturated heterocycles. The molecule has 0 spiro atoms. The Kier molecular flexibility index (Phi) is 5.53. The van der Waals surface area contributed by atoms with Crippen molar-refractivity contribution in [3.8, 4) is 0 Å². The van der Waals surface area contributed by atoms with E-state index >= 15 is 0 Å². The number of hydrogen-bond donors (Lipinski definition) is 1. The van der Waals surface area contributed by atoms with Crippen molar-refractivity contribution in [2.75, 3.05) is 46.9 Å². The zero-order chi connectivity index (χ0) is 11.3. The lowest BCUT2D eigenvalue weighted by molar-refractivity contribution is -0.0539. The highest BCUT2D eigenvalue weighted by atomic mass is 16.5. The van der Waals surface area contributed by atoms with Crippen LogP contribution in [0.2, 0.25) is 0 Å². The monoisotopic (exact) mass is 215 g/mol. The van der Waals surface area contributed by atoms with E-state index in [1.165, 1.54) is 6.42 Å². The summed E-state index contributed by atoms with van der Waals surface area (Å²) in [4.78, 5) is 4.72. The van der Waals surface area contributed by atoms with Crippen LogP contribution in [0.1, 0.15) is 13.3 Å². The minimum atomic E-state index is 0.237. The van der Waals surface area contributed by atoms with Crippen molar-refractivity contribution in [3.63, 3.8) is 0 Å². The van der Waals surface area contributed by atoms with Gasteiger partial charge < -0.3 is 15.4 Å². The molecule has 0 saturated carbocycles. The average Bonchev–Trinajstić information content (AvgIpc) is 2.20. The van der Waals surface area contributed by atoms with Crippen LogP contribution >= 0.6 is 0 Å². The molecule has 15 heavy (non-hydrogen) atoms. The summed E-state index contributed by atoms with van der Waals surface area (Å²) < 4.78 is 5.62. The fraction of sp³-hybridized carbons (Fsp3) is 1.00. The molecule has 2 atom stereocenters. The fourth-order valence-corrected chi connectivity index (χ4v) is 1.92. The maximum Gasteiger partial charge on any atom is 0.0824 e. The van der Waals surface area contributed by atoms with Crippen LogP contribution in [0, 0.1) is 0 Å². The van der Waals surface area contributed by atoms with Crippen molar-refractivity contribution in [3.05, 3.63) is 0 Å². The number of nitrogens with zero attached hydrogens (tertiary/aromatic N) is 2. The molecule has 4 nitrogen and oxygen atoms in total. The number of rotatable bonds is 5. The normalized spacial score (nSPS) is 28.6. The molecule has 0 aromatic rings. The molecule has 0 aliphatic carbocycles. The van der Waals surface area contributed by atoms with Crippen molar-refractivity contribution < 1.29 is 4.74 Å². The predicted molar refractivity (Wildman–Crippen MR) is 63.0 cm³/mol. The third-order valence-electron chi connectivity index (χ3n) is 2.95. The molecule has 1 fully saturated rings. The third-order valence-corrected chi connectivity index (χ3v) is 2.95. The smallest absolute Gasteiger partial charge is 0.0824 e. The topological polar surface area (TPSA) is 41.7 Å². The Hall–Kier alpha value is -0.160. The lowest BCUT2D eigenvalue weighted by Crippen LogP contribution is -2.50. The van der Waals surface area contributed by atoms with Gasteiger partial charge in [0.2, 0.25) is 0 Å². The molecular weight excluding hydrogens is 190 g/mol. The van der Waals surface area contributed by atoms with Crippen molar-refractivity contribution >= 4 is 0 Å². The van der Waals surface area contributed by atoms with E-state index in [1.807, 2.05) is 0 Å². The van der Waals surface area contributed by atoms with Gasteiger partial charge in [0.25, 0.3) is 0 Å². The summed E-state index contributed by atoms with van der Waals surface area (Å²) in [5.74, 6) is 0. The summed E-state index contributed by atoms with van der Waals surface area (Å²) >= 11 is 0. The Morgan fingerprint density at radius 2 is 2.20 bits per heavy atom. The standard InChI is InChI=1S/C11H25N3O/c1-10-9-15-11(7-12)8-14(10)6-4-5-13(2)3/h10-11H,4-9,12H2,1-3H3. The summed E-state index contributed by atoms with van der Waals surface area (Å²) in [6.45, 7) is 6.98. The van der Waals surface area contributed by atoms with Gasteiger partial charge in [0.05, 0.1) is 12.7 Å². The lowest BCUT2D eigenvalue weighted by Gasteiger charge is -2.37. The third kappa shape index (κ3) is 4.47. The Balaban J connectivity index is 2.25. The quantitative estimate of drug-likeness (QED) is 0.700. The number of morpholine rings is 1. The molecule has 90 valence electrons. The number of hydrogen-bond acceptors (Lipinski definition) is 4. The van der Waals surface area contributed by atoms with Crippen LogP contribution in [-0.2, 0) is 4.74 Å². The largest absolute Gasteiger partial charge is 0.374 e. The number of nitrogens with two attached hydrogens (primary N) is 1. The van der Waals surface area contributed by atoms with Crippen LogP contribution in [0.25, 0.3) is 0 Å². The Bertz CT molecular complexity index is 175. The van der Waals surface area contributed by atoms with Crippen molar-refractivity contribution in [2.45, 2.75) is 25.5 Å². The second kappa shape index (κ2) is 6.43. The van der Waals surface area contributed by atoms with E-state index in [2.05, 4.69) is 30.8 Å². The van der Waals surface area contributed by atoms with Gasteiger partial charge in [0, 0.05) is 19.1 Å². The van der Waals surface area contributed by atoms with Crippen molar-refractivity contribution in [1.82, 2.24) is 9.80 Å². The Labute approximate surface area is 93.4 Å². The first-order valence-electron chi connectivity index (χ1n) is 5.84. The van der Waals surface area contributed by atoms with E-state index in [0.717, 1.165) is 26.2 Å². The van der Waals surface area contributed by atoms with Gasteiger partial charge >= 0.3 is 0 Å². The maximum absolute atomic E-state index is 5.63. The molecule has 1 rings (SSSR count). The molecule has 0 aromatic carbocycles. The molecule has 4 heteroatoms. The Morgan fingerprint density at radius 3 is 2.80 bits per heavy atom. The minimum absolute atomic E-state index is 0.237. The molecule has 2 unspecified atom stereocenters. The summed E-state index contributed by atoms with van der Waals surface area (Å²) in [6.07, 6.45) is 1.45. The van der Waals surface area contributed by atoms with Gasteiger partial charge in [-0.2, -0.15) is 0 Å². The van der Waals surface area contributed by atoms with Gasteiger partial charge in [-0.25, -0.2) is 0 Å². The average molecular weight is 215 g/mol. The van der Waals surface area contributed by atoms with Crippen LogP contribution in [0.4, 0.5) is 0 Å². The van der Waals surface area contributed by atoms with Gasteiger partial charge in [-0.1, -0.05) is 0 Å². The van der Waals surface area contributed by atoms with Crippen LogP contribution in [0.5, 0.6) is 0 Å². The first kappa shape index (κ1) is 12.9. The second-order valence-electron chi connectivity index (χ2n) is 4.69. The molecule has 0 aromatic heterocycles. The molecule has 1 aliphatic heterocycles.